The van der Waals surface area contributed by atoms with Gasteiger partial charge in [-0.25, -0.2) is 4.39 Å². The fourth-order valence-electron chi connectivity index (χ4n) is 4.34. The summed E-state index contributed by atoms with van der Waals surface area (Å²) in [5.74, 6) is -0.841. The molecular formula is C27H35FN4O4. The third-order valence-corrected chi connectivity index (χ3v) is 6.22. The highest BCUT2D eigenvalue weighted by Crippen LogP contribution is 2.40. The van der Waals surface area contributed by atoms with E-state index in [0.717, 1.165) is 11.3 Å². The number of hydrogen-bond donors (Lipinski definition) is 2. The van der Waals surface area contributed by atoms with Crippen LogP contribution in [0.25, 0.3) is 0 Å². The predicted octanol–water partition coefficient (Wildman–Crippen LogP) is 3.98. The Morgan fingerprint density at radius 2 is 1.86 bits per heavy atom. The molecule has 2 aromatic carbocycles. The number of amides is 1. The van der Waals surface area contributed by atoms with E-state index in [1.807, 2.05) is 45.8 Å². The zero-order valence-corrected chi connectivity index (χ0v) is 22.3. The molecule has 0 atom stereocenters. The lowest BCUT2D eigenvalue weighted by molar-refractivity contribution is 0.0952. The Balaban J connectivity index is 1.99. The molecule has 2 N–H and O–H groups in total. The van der Waals surface area contributed by atoms with Crippen LogP contribution in [0.3, 0.4) is 0 Å². The number of anilines is 1. The van der Waals surface area contributed by atoms with Crippen molar-refractivity contribution in [2.24, 2.45) is 0 Å². The second kappa shape index (κ2) is 10.2. The summed E-state index contributed by atoms with van der Waals surface area (Å²) in [5, 5.41) is 11.1. The fourth-order valence-corrected chi connectivity index (χ4v) is 4.34. The van der Waals surface area contributed by atoms with Gasteiger partial charge in [0, 0.05) is 49.9 Å². The molecular weight excluding hydrogens is 463 g/mol. The normalized spacial score (nSPS) is 12.9. The van der Waals surface area contributed by atoms with E-state index >= 15 is 4.39 Å². The van der Waals surface area contributed by atoms with Gasteiger partial charge in [0.1, 0.15) is 11.6 Å². The van der Waals surface area contributed by atoms with E-state index in [9.17, 15) is 9.59 Å². The lowest BCUT2D eigenvalue weighted by Crippen LogP contribution is -2.30. The summed E-state index contributed by atoms with van der Waals surface area (Å²) < 4.78 is 26.5. The Morgan fingerprint density at radius 3 is 2.39 bits per heavy atom. The largest absolute Gasteiger partial charge is 0.494 e. The average molecular weight is 499 g/mol. The summed E-state index contributed by atoms with van der Waals surface area (Å²) in [6.45, 7) is 7.95. The maximum atomic E-state index is 15.4. The van der Waals surface area contributed by atoms with Gasteiger partial charge in [-0.15, -0.1) is 0 Å². The van der Waals surface area contributed by atoms with Crippen molar-refractivity contribution in [1.29, 1.82) is 5.41 Å². The van der Waals surface area contributed by atoms with Crippen LogP contribution in [0.15, 0.2) is 18.2 Å². The highest BCUT2D eigenvalue weighted by Gasteiger charge is 2.34. The van der Waals surface area contributed by atoms with Crippen LogP contribution in [-0.2, 0) is 12.0 Å². The van der Waals surface area contributed by atoms with Gasteiger partial charge >= 0.3 is 0 Å². The monoisotopic (exact) mass is 498 g/mol. The minimum absolute atomic E-state index is 0.0113. The smallest absolute Gasteiger partial charge is 0.254 e. The van der Waals surface area contributed by atoms with Gasteiger partial charge < -0.3 is 24.6 Å². The molecule has 3 rings (SSSR count). The van der Waals surface area contributed by atoms with Crippen molar-refractivity contribution in [3.63, 3.8) is 0 Å². The molecule has 0 spiro atoms. The van der Waals surface area contributed by atoms with E-state index in [0.29, 0.717) is 11.3 Å². The second-order valence-electron chi connectivity index (χ2n) is 9.95. The minimum atomic E-state index is -0.679. The maximum absolute atomic E-state index is 15.4. The van der Waals surface area contributed by atoms with E-state index < -0.39 is 11.7 Å². The number of fused-ring (bicyclic) bond motifs is 1. The zero-order chi connectivity index (χ0) is 26.9. The van der Waals surface area contributed by atoms with Crippen molar-refractivity contribution in [3.8, 4) is 11.5 Å². The molecule has 0 aliphatic carbocycles. The Bertz CT molecular complexity index is 1220. The molecule has 9 heteroatoms. The first-order valence-corrected chi connectivity index (χ1v) is 11.8. The molecule has 8 nitrogen and oxygen atoms in total. The van der Waals surface area contributed by atoms with Crippen LogP contribution in [0.1, 0.15) is 65.1 Å². The third-order valence-electron chi connectivity index (χ3n) is 6.22. The van der Waals surface area contributed by atoms with E-state index in [4.69, 9.17) is 14.9 Å². The number of carbonyl (C=O) groups is 2. The van der Waals surface area contributed by atoms with Crippen LogP contribution in [-0.4, -0.2) is 63.8 Å². The lowest BCUT2D eigenvalue weighted by atomic mass is 9.84. The van der Waals surface area contributed by atoms with Crippen molar-refractivity contribution in [1.82, 2.24) is 10.2 Å². The van der Waals surface area contributed by atoms with E-state index in [-0.39, 0.29) is 59.2 Å². The SMILES string of the molecule is CCOc1c(C(=O)NC)cc2c(c1F)CN(CC(=O)c1cc(N(C)C)c(OC)c(C(C)(C)C)c1)C2=N. The number of nitrogens with one attached hydrogen (secondary N) is 2. The van der Waals surface area contributed by atoms with Crippen molar-refractivity contribution >= 4 is 23.2 Å². The average Bonchev–Trinajstić information content (AvgIpc) is 3.13. The van der Waals surface area contributed by atoms with Crippen LogP contribution >= 0.6 is 0 Å². The van der Waals surface area contributed by atoms with Gasteiger partial charge in [-0.2, -0.15) is 0 Å². The number of benzene rings is 2. The molecule has 1 aliphatic rings. The van der Waals surface area contributed by atoms with Gasteiger partial charge in [-0.3, -0.25) is 15.0 Å². The number of hydrogen-bond acceptors (Lipinski definition) is 6. The first-order valence-electron chi connectivity index (χ1n) is 11.8. The number of ketones is 1. The summed E-state index contributed by atoms with van der Waals surface area (Å²) in [6, 6.07) is 5.07. The molecule has 0 fully saturated rings. The quantitative estimate of drug-likeness (QED) is 0.535. The molecule has 194 valence electrons. The third kappa shape index (κ3) is 4.87. The number of amidine groups is 1. The van der Waals surface area contributed by atoms with Crippen LogP contribution in [0, 0.1) is 11.2 Å². The maximum Gasteiger partial charge on any atom is 0.254 e. The van der Waals surface area contributed by atoms with Gasteiger partial charge in [0.2, 0.25) is 0 Å². The standard InChI is InChI=1S/C27H35FN4O4/c1-9-36-23-17(26(34)30-5)12-16-18(22(23)28)13-32(25(16)29)14-21(33)15-10-19(27(2,3)4)24(35-8)20(11-15)31(6)7/h10-12,29H,9,13-14H2,1-8H3,(H,30,34). The van der Waals surface area contributed by atoms with Crippen molar-refractivity contribution in [3.05, 3.63) is 51.8 Å². The van der Waals surface area contributed by atoms with Crippen LogP contribution < -0.4 is 19.7 Å². The molecule has 1 heterocycles. The molecule has 0 unspecified atom stereocenters. The van der Waals surface area contributed by atoms with Gasteiger partial charge in [0.25, 0.3) is 5.91 Å². The molecule has 1 aliphatic heterocycles. The van der Waals surface area contributed by atoms with Crippen LogP contribution in [0.4, 0.5) is 10.1 Å². The highest BCUT2D eigenvalue weighted by atomic mass is 19.1. The van der Waals surface area contributed by atoms with Crippen molar-refractivity contribution in [2.75, 3.05) is 46.3 Å². The molecule has 0 saturated heterocycles. The number of nitrogens with zero attached hydrogens (tertiary/aromatic N) is 2. The zero-order valence-electron chi connectivity index (χ0n) is 22.3. The second-order valence-corrected chi connectivity index (χ2v) is 9.95. The summed E-state index contributed by atoms with van der Waals surface area (Å²) in [5.41, 5.74) is 2.41. The van der Waals surface area contributed by atoms with E-state index in [1.54, 1.807) is 20.1 Å². The molecule has 0 saturated carbocycles. The molecule has 0 aromatic heterocycles. The topological polar surface area (TPSA) is 95.0 Å². The first kappa shape index (κ1) is 27.0. The first-order chi connectivity index (χ1) is 16.8. The van der Waals surface area contributed by atoms with Crippen molar-refractivity contribution in [2.45, 2.75) is 39.7 Å². The minimum Gasteiger partial charge on any atom is -0.494 e. The summed E-state index contributed by atoms with van der Waals surface area (Å²) in [6.07, 6.45) is 0. The molecule has 0 radical (unpaired) electrons. The van der Waals surface area contributed by atoms with Crippen LogP contribution in [0.2, 0.25) is 0 Å². The van der Waals surface area contributed by atoms with Gasteiger partial charge in [0.15, 0.2) is 17.3 Å². The Kier molecular flexibility index (Phi) is 7.62. The Morgan fingerprint density at radius 1 is 1.19 bits per heavy atom. The molecule has 1 amide bonds. The van der Waals surface area contributed by atoms with Gasteiger partial charge in [-0.05, 0) is 30.5 Å². The van der Waals surface area contributed by atoms with Gasteiger partial charge in [0.05, 0.1) is 31.5 Å². The predicted molar refractivity (Wildman–Crippen MR) is 139 cm³/mol. The number of carbonyl (C=O) groups excluding carboxylic acids is 2. The summed E-state index contributed by atoms with van der Waals surface area (Å²) in [4.78, 5) is 29.2. The number of methoxy groups -OCH3 is 1. The van der Waals surface area contributed by atoms with Gasteiger partial charge in [-0.1, -0.05) is 20.8 Å². The van der Waals surface area contributed by atoms with Crippen LogP contribution in [0.5, 0.6) is 11.5 Å². The summed E-state index contributed by atoms with van der Waals surface area (Å²) >= 11 is 0. The highest BCUT2D eigenvalue weighted by molar-refractivity contribution is 6.08. The van der Waals surface area contributed by atoms with E-state index in [1.165, 1.54) is 18.0 Å². The van der Waals surface area contributed by atoms with Crippen molar-refractivity contribution < 1.29 is 23.5 Å². The number of rotatable bonds is 8. The summed E-state index contributed by atoms with van der Waals surface area (Å²) in [7, 11) is 6.82. The number of ether oxygens (including phenoxy) is 2. The molecule has 36 heavy (non-hydrogen) atoms. The fraction of sp³-hybridized carbons (Fsp3) is 0.444. The number of Topliss-reactive ketones (excluding diaryl/α,β-unsaturated/α-hetero) is 1. The molecule has 2 aromatic rings. The Hall–Kier alpha value is -3.62. The Labute approximate surface area is 211 Å². The number of halogens is 1. The lowest BCUT2D eigenvalue weighted by Gasteiger charge is -2.27. The molecule has 0 bridgehead atoms. The van der Waals surface area contributed by atoms with E-state index in [2.05, 4.69) is 5.32 Å².